The first kappa shape index (κ1) is 13.6. The van der Waals surface area contributed by atoms with Crippen LogP contribution in [0.4, 0.5) is 5.69 Å². The number of hydrogen-bond acceptors (Lipinski definition) is 3. The molecule has 0 aliphatic heterocycles. The van der Waals surface area contributed by atoms with Crippen molar-refractivity contribution >= 4 is 5.69 Å². The molecule has 100 valence electrons. The first-order chi connectivity index (χ1) is 9.15. The van der Waals surface area contributed by atoms with Gasteiger partial charge in [0.05, 0.1) is 0 Å². The van der Waals surface area contributed by atoms with Gasteiger partial charge in [0.2, 0.25) is 0 Å². The minimum Gasteiger partial charge on any atom is -0.379 e. The summed E-state index contributed by atoms with van der Waals surface area (Å²) in [6, 6.07) is 13.0. The van der Waals surface area contributed by atoms with E-state index in [0.29, 0.717) is 0 Å². The molecule has 0 aliphatic carbocycles. The molecule has 2 aromatic rings. The van der Waals surface area contributed by atoms with Crippen LogP contribution in [0.25, 0.3) is 0 Å². The molecule has 3 nitrogen and oxygen atoms in total. The number of pyridine rings is 1. The van der Waals surface area contributed by atoms with Crippen LogP contribution >= 0.6 is 0 Å². The van der Waals surface area contributed by atoms with Crippen LogP contribution in [-0.4, -0.2) is 24.0 Å². The zero-order valence-electron chi connectivity index (χ0n) is 11.8. The summed E-state index contributed by atoms with van der Waals surface area (Å²) in [5.41, 5.74) is 3.71. The quantitative estimate of drug-likeness (QED) is 0.888. The Bertz CT molecular complexity index is 491. The lowest BCUT2D eigenvalue weighted by Crippen LogP contribution is -2.11. The molecule has 0 bridgehead atoms. The van der Waals surface area contributed by atoms with Crippen molar-refractivity contribution in [3.8, 4) is 0 Å². The first-order valence-corrected chi connectivity index (χ1v) is 6.55. The van der Waals surface area contributed by atoms with E-state index in [1.807, 2.05) is 24.5 Å². The maximum atomic E-state index is 4.04. The predicted molar refractivity (Wildman–Crippen MR) is 80.1 cm³/mol. The van der Waals surface area contributed by atoms with Crippen molar-refractivity contribution in [1.82, 2.24) is 9.88 Å². The second-order valence-electron chi connectivity index (χ2n) is 5.08. The van der Waals surface area contributed by atoms with Gasteiger partial charge in [-0.3, -0.25) is 4.98 Å². The number of aromatic nitrogens is 1. The molecular formula is C16H21N3. The molecule has 3 heteroatoms. The standard InChI is InChI=1S/C16H21N3/c1-13(15-8-10-17-11-9-15)18-16-6-4-14(5-7-16)12-19(2)3/h4-11,13,18H,12H2,1-3H3. The van der Waals surface area contributed by atoms with Crippen LogP contribution in [-0.2, 0) is 6.54 Å². The predicted octanol–water partition coefficient (Wildman–Crippen LogP) is 3.32. The molecule has 0 amide bonds. The molecule has 1 N–H and O–H groups in total. The Labute approximate surface area is 115 Å². The fraction of sp³-hybridized carbons (Fsp3) is 0.312. The summed E-state index contributed by atoms with van der Waals surface area (Å²) in [6.07, 6.45) is 3.65. The monoisotopic (exact) mass is 255 g/mol. The Balaban J connectivity index is 1.99. The fourth-order valence-corrected chi connectivity index (χ4v) is 2.06. The SMILES string of the molecule is CC(Nc1ccc(CN(C)C)cc1)c1ccncc1. The Morgan fingerprint density at radius 1 is 1.05 bits per heavy atom. The van der Waals surface area contributed by atoms with Crippen LogP contribution in [0.1, 0.15) is 24.1 Å². The fourth-order valence-electron chi connectivity index (χ4n) is 2.06. The first-order valence-electron chi connectivity index (χ1n) is 6.55. The van der Waals surface area contributed by atoms with Crippen LogP contribution in [0.3, 0.4) is 0 Å². The molecule has 0 radical (unpaired) electrons. The second-order valence-corrected chi connectivity index (χ2v) is 5.08. The molecule has 19 heavy (non-hydrogen) atoms. The maximum absolute atomic E-state index is 4.04. The molecule has 0 saturated carbocycles. The number of nitrogens with zero attached hydrogens (tertiary/aromatic N) is 2. The summed E-state index contributed by atoms with van der Waals surface area (Å²) >= 11 is 0. The molecule has 1 atom stereocenters. The van der Waals surface area contributed by atoms with Gasteiger partial charge in [-0.25, -0.2) is 0 Å². The molecule has 1 heterocycles. The van der Waals surface area contributed by atoms with Gasteiger partial charge in [-0.2, -0.15) is 0 Å². The highest BCUT2D eigenvalue weighted by molar-refractivity contribution is 5.46. The normalized spacial score (nSPS) is 12.4. The van der Waals surface area contributed by atoms with Crippen LogP contribution in [0.15, 0.2) is 48.8 Å². The maximum Gasteiger partial charge on any atom is 0.0486 e. The molecule has 1 aromatic carbocycles. The lowest BCUT2D eigenvalue weighted by atomic mass is 10.1. The Hall–Kier alpha value is -1.87. The van der Waals surface area contributed by atoms with Crippen molar-refractivity contribution in [2.24, 2.45) is 0 Å². The summed E-state index contributed by atoms with van der Waals surface area (Å²) in [5, 5.41) is 3.50. The summed E-state index contributed by atoms with van der Waals surface area (Å²) < 4.78 is 0. The molecule has 2 rings (SSSR count). The number of nitrogens with one attached hydrogen (secondary N) is 1. The van der Waals surface area contributed by atoms with Crippen LogP contribution < -0.4 is 5.32 Å². The zero-order chi connectivity index (χ0) is 13.7. The van der Waals surface area contributed by atoms with E-state index in [-0.39, 0.29) is 6.04 Å². The van der Waals surface area contributed by atoms with E-state index in [2.05, 4.69) is 60.5 Å². The second kappa shape index (κ2) is 6.34. The van der Waals surface area contributed by atoms with Crippen molar-refractivity contribution in [3.05, 3.63) is 59.9 Å². The van der Waals surface area contributed by atoms with Gasteiger partial charge in [0.25, 0.3) is 0 Å². The van der Waals surface area contributed by atoms with E-state index in [1.54, 1.807) is 0 Å². The van der Waals surface area contributed by atoms with E-state index < -0.39 is 0 Å². The lowest BCUT2D eigenvalue weighted by Gasteiger charge is -2.16. The molecule has 1 unspecified atom stereocenters. The number of benzene rings is 1. The highest BCUT2D eigenvalue weighted by Gasteiger charge is 2.04. The highest BCUT2D eigenvalue weighted by Crippen LogP contribution is 2.19. The average Bonchev–Trinajstić information content (AvgIpc) is 2.41. The third-order valence-electron chi connectivity index (χ3n) is 3.04. The van der Waals surface area contributed by atoms with E-state index in [0.717, 1.165) is 12.2 Å². The van der Waals surface area contributed by atoms with Gasteiger partial charge in [0.1, 0.15) is 0 Å². The third-order valence-corrected chi connectivity index (χ3v) is 3.04. The van der Waals surface area contributed by atoms with Gasteiger partial charge in [0.15, 0.2) is 0 Å². The van der Waals surface area contributed by atoms with Gasteiger partial charge >= 0.3 is 0 Å². The van der Waals surface area contributed by atoms with Gasteiger partial charge in [0, 0.05) is 30.7 Å². The summed E-state index contributed by atoms with van der Waals surface area (Å²) in [7, 11) is 4.16. The van der Waals surface area contributed by atoms with Crippen molar-refractivity contribution in [2.45, 2.75) is 19.5 Å². The topological polar surface area (TPSA) is 28.2 Å². The minimum atomic E-state index is 0.280. The van der Waals surface area contributed by atoms with Gasteiger partial charge in [-0.1, -0.05) is 12.1 Å². The van der Waals surface area contributed by atoms with Crippen LogP contribution in [0.2, 0.25) is 0 Å². The summed E-state index contributed by atoms with van der Waals surface area (Å²) in [6.45, 7) is 3.13. The van der Waals surface area contributed by atoms with E-state index in [9.17, 15) is 0 Å². The molecular weight excluding hydrogens is 234 g/mol. The van der Waals surface area contributed by atoms with E-state index in [1.165, 1.54) is 11.1 Å². The van der Waals surface area contributed by atoms with Crippen LogP contribution in [0, 0.1) is 0 Å². The van der Waals surface area contributed by atoms with E-state index >= 15 is 0 Å². The van der Waals surface area contributed by atoms with Crippen LogP contribution in [0.5, 0.6) is 0 Å². The Morgan fingerprint density at radius 2 is 1.68 bits per heavy atom. The molecule has 0 spiro atoms. The zero-order valence-corrected chi connectivity index (χ0v) is 11.8. The smallest absolute Gasteiger partial charge is 0.0486 e. The average molecular weight is 255 g/mol. The molecule has 0 saturated heterocycles. The largest absolute Gasteiger partial charge is 0.379 e. The molecule has 1 aromatic heterocycles. The minimum absolute atomic E-state index is 0.280. The number of hydrogen-bond donors (Lipinski definition) is 1. The van der Waals surface area contributed by atoms with E-state index in [4.69, 9.17) is 0 Å². The van der Waals surface area contributed by atoms with Gasteiger partial charge in [-0.15, -0.1) is 0 Å². The third kappa shape index (κ3) is 4.07. The van der Waals surface area contributed by atoms with Crippen molar-refractivity contribution in [2.75, 3.05) is 19.4 Å². The van der Waals surface area contributed by atoms with Gasteiger partial charge in [-0.05, 0) is 56.4 Å². The molecule has 0 fully saturated rings. The van der Waals surface area contributed by atoms with Gasteiger partial charge < -0.3 is 10.2 Å². The number of rotatable bonds is 5. The Morgan fingerprint density at radius 3 is 2.26 bits per heavy atom. The summed E-state index contributed by atoms with van der Waals surface area (Å²) in [4.78, 5) is 6.21. The highest BCUT2D eigenvalue weighted by atomic mass is 15.0. The lowest BCUT2D eigenvalue weighted by molar-refractivity contribution is 0.402. The number of anilines is 1. The van der Waals surface area contributed by atoms with Crippen molar-refractivity contribution in [3.63, 3.8) is 0 Å². The van der Waals surface area contributed by atoms with Crippen molar-refractivity contribution in [1.29, 1.82) is 0 Å². The van der Waals surface area contributed by atoms with Crippen molar-refractivity contribution < 1.29 is 0 Å². The molecule has 0 aliphatic rings. The summed E-state index contributed by atoms with van der Waals surface area (Å²) in [5.74, 6) is 0. The Kier molecular flexibility index (Phi) is 4.53.